The Morgan fingerprint density at radius 1 is 1.50 bits per heavy atom. The van der Waals surface area contributed by atoms with Crippen LogP contribution in [-0.2, 0) is 4.79 Å². The fraction of sp³-hybridized carbons (Fsp3) is 0.857. The highest BCUT2D eigenvalue weighted by Gasteiger charge is 2.10. The summed E-state index contributed by atoms with van der Waals surface area (Å²) in [6.45, 7) is 4.31. The van der Waals surface area contributed by atoms with Crippen LogP contribution < -0.4 is 16.6 Å². The number of nitrogens with one attached hydrogen (secondary N) is 2. The molecule has 5 nitrogen and oxygen atoms in total. The predicted octanol–water partition coefficient (Wildman–Crippen LogP) is -1.73. The minimum absolute atomic E-state index is 0.114. The zero-order chi connectivity index (χ0) is 8.81. The lowest BCUT2D eigenvalue weighted by atomic mass is 10.4. The van der Waals surface area contributed by atoms with Gasteiger partial charge in [-0.3, -0.25) is 15.1 Å². The molecule has 0 atom stereocenters. The molecule has 0 saturated carbocycles. The molecule has 1 aliphatic heterocycles. The summed E-state index contributed by atoms with van der Waals surface area (Å²) in [5.74, 6) is 4.87. The van der Waals surface area contributed by atoms with Gasteiger partial charge in [0.25, 0.3) is 0 Å². The molecule has 0 spiro atoms. The maximum Gasteiger partial charge on any atom is 0.248 e. The van der Waals surface area contributed by atoms with E-state index in [9.17, 15) is 4.79 Å². The largest absolute Gasteiger partial charge is 0.315 e. The molecule has 5 heteroatoms. The third-order valence-corrected chi connectivity index (χ3v) is 1.96. The molecule has 0 aromatic heterocycles. The van der Waals surface area contributed by atoms with Gasteiger partial charge >= 0.3 is 0 Å². The topological polar surface area (TPSA) is 70.4 Å². The first kappa shape index (κ1) is 9.44. The predicted molar refractivity (Wildman–Crippen MR) is 46.3 cm³/mol. The van der Waals surface area contributed by atoms with Gasteiger partial charge in [0.2, 0.25) is 5.91 Å². The lowest BCUT2D eigenvalue weighted by molar-refractivity contribution is -0.122. The second-order valence-electron chi connectivity index (χ2n) is 2.95. The van der Waals surface area contributed by atoms with Gasteiger partial charge in [0.05, 0.1) is 6.54 Å². The molecule has 1 amide bonds. The second-order valence-corrected chi connectivity index (χ2v) is 2.95. The fourth-order valence-corrected chi connectivity index (χ4v) is 1.31. The molecule has 1 rings (SSSR count). The van der Waals surface area contributed by atoms with Gasteiger partial charge in [-0.1, -0.05) is 0 Å². The maximum absolute atomic E-state index is 10.9. The van der Waals surface area contributed by atoms with Gasteiger partial charge in [0, 0.05) is 13.1 Å². The highest BCUT2D eigenvalue weighted by atomic mass is 16.2. The Labute approximate surface area is 72.3 Å². The molecule has 12 heavy (non-hydrogen) atoms. The van der Waals surface area contributed by atoms with E-state index >= 15 is 0 Å². The molecular weight excluding hydrogens is 156 g/mol. The summed E-state index contributed by atoms with van der Waals surface area (Å²) in [5.41, 5.74) is 2.13. The van der Waals surface area contributed by atoms with E-state index in [1.165, 1.54) is 0 Å². The third kappa shape index (κ3) is 3.17. The van der Waals surface area contributed by atoms with Crippen LogP contribution in [0.15, 0.2) is 0 Å². The second kappa shape index (κ2) is 5.08. The van der Waals surface area contributed by atoms with Crippen molar-refractivity contribution in [3.05, 3.63) is 0 Å². The number of hydrogen-bond acceptors (Lipinski definition) is 4. The number of hydrazine groups is 1. The van der Waals surface area contributed by atoms with Crippen LogP contribution in [0.25, 0.3) is 0 Å². The smallest absolute Gasteiger partial charge is 0.248 e. The van der Waals surface area contributed by atoms with Crippen molar-refractivity contribution in [2.75, 3.05) is 32.7 Å². The normalized spacial score (nSPS) is 20.1. The van der Waals surface area contributed by atoms with E-state index < -0.39 is 0 Å². The summed E-state index contributed by atoms with van der Waals surface area (Å²) in [4.78, 5) is 13.0. The fourth-order valence-electron chi connectivity index (χ4n) is 1.31. The molecule has 1 saturated heterocycles. The maximum atomic E-state index is 10.9. The summed E-state index contributed by atoms with van der Waals surface area (Å²) >= 11 is 0. The minimum atomic E-state index is -0.114. The van der Waals surface area contributed by atoms with E-state index in [-0.39, 0.29) is 5.91 Å². The third-order valence-electron chi connectivity index (χ3n) is 1.96. The Hall–Kier alpha value is -0.650. The molecule has 1 aliphatic rings. The minimum Gasteiger partial charge on any atom is -0.315 e. The van der Waals surface area contributed by atoms with Crippen molar-refractivity contribution < 1.29 is 4.79 Å². The first-order valence-corrected chi connectivity index (χ1v) is 4.25. The highest BCUT2D eigenvalue weighted by Crippen LogP contribution is 1.93. The summed E-state index contributed by atoms with van der Waals surface area (Å²) < 4.78 is 0. The SMILES string of the molecule is NNC(=O)CN1CCCNCC1. The lowest BCUT2D eigenvalue weighted by Gasteiger charge is -2.17. The average Bonchev–Trinajstić information content (AvgIpc) is 2.33. The molecule has 0 radical (unpaired) electrons. The van der Waals surface area contributed by atoms with Crippen LogP contribution in [0.1, 0.15) is 6.42 Å². The monoisotopic (exact) mass is 172 g/mol. The average molecular weight is 172 g/mol. The van der Waals surface area contributed by atoms with Crippen LogP contribution in [0, 0.1) is 0 Å². The van der Waals surface area contributed by atoms with Crippen LogP contribution in [0.4, 0.5) is 0 Å². The number of carbonyl (C=O) groups excluding carboxylic acids is 1. The molecular formula is C7H16N4O. The van der Waals surface area contributed by atoms with Crippen LogP contribution in [0.3, 0.4) is 0 Å². The van der Waals surface area contributed by atoms with Gasteiger partial charge in [-0.25, -0.2) is 5.84 Å². The summed E-state index contributed by atoms with van der Waals surface area (Å²) in [5, 5.41) is 3.26. The van der Waals surface area contributed by atoms with E-state index in [2.05, 4.69) is 15.6 Å². The summed E-state index contributed by atoms with van der Waals surface area (Å²) in [6.07, 6.45) is 1.10. The Balaban J connectivity index is 2.24. The number of nitrogens with zero attached hydrogens (tertiary/aromatic N) is 1. The molecule has 0 unspecified atom stereocenters. The first-order chi connectivity index (χ1) is 5.83. The van der Waals surface area contributed by atoms with Crippen LogP contribution in [0.2, 0.25) is 0 Å². The first-order valence-electron chi connectivity index (χ1n) is 4.25. The number of amides is 1. The molecule has 0 aromatic rings. The molecule has 1 heterocycles. The zero-order valence-corrected chi connectivity index (χ0v) is 7.18. The van der Waals surface area contributed by atoms with Gasteiger partial charge in [0.1, 0.15) is 0 Å². The highest BCUT2D eigenvalue weighted by molar-refractivity contribution is 5.77. The quantitative estimate of drug-likeness (QED) is 0.263. The van der Waals surface area contributed by atoms with Gasteiger partial charge in [-0.05, 0) is 19.5 Å². The summed E-state index contributed by atoms with van der Waals surface area (Å²) in [7, 11) is 0. The van der Waals surface area contributed by atoms with Crippen LogP contribution in [0.5, 0.6) is 0 Å². The van der Waals surface area contributed by atoms with Crippen molar-refractivity contribution in [3.8, 4) is 0 Å². The van der Waals surface area contributed by atoms with Crippen molar-refractivity contribution in [2.45, 2.75) is 6.42 Å². The van der Waals surface area contributed by atoms with E-state index in [0.717, 1.165) is 32.6 Å². The van der Waals surface area contributed by atoms with Crippen LogP contribution in [-0.4, -0.2) is 43.5 Å². The Kier molecular flexibility index (Phi) is 3.99. The van der Waals surface area contributed by atoms with Crippen molar-refractivity contribution in [3.63, 3.8) is 0 Å². The van der Waals surface area contributed by atoms with Crippen molar-refractivity contribution >= 4 is 5.91 Å². The van der Waals surface area contributed by atoms with Crippen molar-refractivity contribution in [2.24, 2.45) is 5.84 Å². The molecule has 0 bridgehead atoms. The van der Waals surface area contributed by atoms with Gasteiger partial charge < -0.3 is 5.32 Å². The molecule has 4 N–H and O–H groups in total. The van der Waals surface area contributed by atoms with Crippen molar-refractivity contribution in [1.29, 1.82) is 0 Å². The zero-order valence-electron chi connectivity index (χ0n) is 7.18. The van der Waals surface area contributed by atoms with E-state index in [1.807, 2.05) is 0 Å². The number of nitrogens with two attached hydrogens (primary N) is 1. The molecule has 70 valence electrons. The standard InChI is InChI=1S/C7H16N4O/c8-10-7(12)6-11-4-1-2-9-3-5-11/h9H,1-6,8H2,(H,10,12). The lowest BCUT2D eigenvalue weighted by Crippen LogP contribution is -2.41. The molecule has 0 aliphatic carbocycles. The molecule has 1 fully saturated rings. The molecule has 0 aromatic carbocycles. The number of carbonyl (C=O) groups is 1. The number of rotatable bonds is 2. The van der Waals surface area contributed by atoms with Gasteiger partial charge in [-0.15, -0.1) is 0 Å². The van der Waals surface area contributed by atoms with E-state index in [1.54, 1.807) is 0 Å². The Bertz CT molecular complexity index is 142. The van der Waals surface area contributed by atoms with E-state index in [4.69, 9.17) is 5.84 Å². The van der Waals surface area contributed by atoms with Gasteiger partial charge in [0.15, 0.2) is 0 Å². The summed E-state index contributed by atoms with van der Waals surface area (Å²) in [6, 6.07) is 0. The van der Waals surface area contributed by atoms with Crippen molar-refractivity contribution in [1.82, 2.24) is 15.6 Å². The number of hydrogen-bond donors (Lipinski definition) is 3. The Morgan fingerprint density at radius 2 is 2.33 bits per heavy atom. The van der Waals surface area contributed by atoms with Gasteiger partial charge in [-0.2, -0.15) is 0 Å². The Morgan fingerprint density at radius 3 is 3.08 bits per heavy atom. The van der Waals surface area contributed by atoms with Crippen LogP contribution >= 0.6 is 0 Å². The van der Waals surface area contributed by atoms with E-state index in [0.29, 0.717) is 6.54 Å².